The zero-order valence-electron chi connectivity index (χ0n) is 27.9. The summed E-state index contributed by atoms with van der Waals surface area (Å²) in [6, 6.07) is 15.3. The molecule has 8 bridgehead atoms. The van der Waals surface area contributed by atoms with Crippen molar-refractivity contribution >= 4 is 24.3 Å². The fourth-order valence-electron chi connectivity index (χ4n) is 13.6. The molecule has 0 amide bonds. The summed E-state index contributed by atoms with van der Waals surface area (Å²) in [7, 11) is 0. The van der Waals surface area contributed by atoms with E-state index in [4.69, 9.17) is 0 Å². The molecule has 8 fully saturated rings. The van der Waals surface area contributed by atoms with E-state index in [0.717, 1.165) is 23.7 Å². The van der Waals surface area contributed by atoms with Gasteiger partial charge in [0.25, 0.3) is 0 Å². The summed E-state index contributed by atoms with van der Waals surface area (Å²) < 4.78 is 0. The maximum absolute atomic E-state index is 2.61. The van der Waals surface area contributed by atoms with Gasteiger partial charge in [-0.3, -0.25) is 0 Å². The van der Waals surface area contributed by atoms with E-state index in [2.05, 4.69) is 113 Å². The first-order valence-electron chi connectivity index (χ1n) is 18.2. The highest BCUT2D eigenvalue weighted by Crippen LogP contribution is 2.79. The molecule has 10 rings (SSSR count). The Balaban J connectivity index is 1.33. The molecule has 8 saturated carbocycles. The van der Waals surface area contributed by atoms with Crippen LogP contribution in [-0.4, -0.2) is 0 Å². The number of allylic oxidation sites excluding steroid dienone is 4. The van der Waals surface area contributed by atoms with Crippen LogP contribution in [0.5, 0.6) is 0 Å². The molecule has 0 heterocycles. The fourth-order valence-corrected chi connectivity index (χ4v) is 13.6. The van der Waals surface area contributed by atoms with Crippen molar-refractivity contribution in [2.24, 2.45) is 34.5 Å². The van der Waals surface area contributed by atoms with E-state index >= 15 is 0 Å². The quantitative estimate of drug-likeness (QED) is 0.305. The first-order valence-corrected chi connectivity index (χ1v) is 18.2. The third-order valence-corrected chi connectivity index (χ3v) is 13.8. The van der Waals surface area contributed by atoms with E-state index in [1.807, 2.05) is 0 Å². The molecule has 0 N–H and O–H groups in total. The van der Waals surface area contributed by atoms with Gasteiger partial charge in [0.15, 0.2) is 0 Å². The SMILES string of the molecule is CC=Cc1cc(C=CC)cc(C23CC4CC(c5cc(C=CC)cc(C=CC)c5)(C2)CC(C25CC6CC(CC(C6)C2)C5)(C4)C3)c1. The number of benzene rings is 2. The first-order chi connectivity index (χ1) is 21.3. The maximum atomic E-state index is 2.61. The highest BCUT2D eigenvalue weighted by Gasteiger charge is 2.71. The molecule has 2 atom stereocenters. The molecule has 2 aromatic carbocycles. The number of hydrogen-bond acceptors (Lipinski definition) is 0. The Bertz CT molecular complexity index is 1370. The largest absolute Gasteiger partial charge is 0.0871 e. The molecule has 0 nitrogen and oxygen atoms in total. The molecule has 0 spiro atoms. The Morgan fingerprint density at radius 2 is 0.795 bits per heavy atom. The lowest BCUT2D eigenvalue weighted by Gasteiger charge is -2.75. The molecular weight excluding hydrogens is 528 g/mol. The highest BCUT2D eigenvalue weighted by atomic mass is 14.7. The number of hydrogen-bond donors (Lipinski definition) is 0. The molecule has 8 aliphatic rings. The second-order valence-corrected chi connectivity index (χ2v) is 16.8. The Kier molecular flexibility index (Phi) is 6.86. The predicted molar refractivity (Wildman–Crippen MR) is 189 cm³/mol. The molecule has 0 aliphatic heterocycles. The molecule has 44 heavy (non-hydrogen) atoms. The summed E-state index contributed by atoms with van der Waals surface area (Å²) in [5.41, 5.74) is 10.5. The van der Waals surface area contributed by atoms with Crippen LogP contribution in [0.4, 0.5) is 0 Å². The van der Waals surface area contributed by atoms with E-state index in [0.29, 0.717) is 10.8 Å². The minimum atomic E-state index is 0.272. The summed E-state index contributed by atoms with van der Waals surface area (Å²) in [4.78, 5) is 0. The Hall–Kier alpha value is -2.60. The summed E-state index contributed by atoms with van der Waals surface area (Å²) in [6.07, 6.45) is 36.1. The molecule has 2 unspecified atom stereocenters. The smallest absolute Gasteiger partial charge is 0.00299 e. The van der Waals surface area contributed by atoms with Crippen LogP contribution < -0.4 is 0 Å². The van der Waals surface area contributed by atoms with Gasteiger partial charge in [0, 0.05) is 0 Å². The van der Waals surface area contributed by atoms with Crippen molar-refractivity contribution in [2.75, 3.05) is 0 Å². The van der Waals surface area contributed by atoms with E-state index in [9.17, 15) is 0 Å². The molecule has 0 saturated heterocycles. The van der Waals surface area contributed by atoms with E-state index in [1.54, 1.807) is 49.7 Å². The van der Waals surface area contributed by atoms with Crippen LogP contribution in [-0.2, 0) is 10.8 Å². The monoisotopic (exact) mass is 582 g/mol. The lowest BCUT2D eigenvalue weighted by molar-refractivity contribution is -0.213. The fraction of sp³-hybridized carbons (Fsp3) is 0.545. The minimum absolute atomic E-state index is 0.272. The first kappa shape index (κ1) is 28.8. The Morgan fingerprint density at radius 3 is 1.16 bits per heavy atom. The van der Waals surface area contributed by atoms with Crippen molar-refractivity contribution in [3.63, 3.8) is 0 Å². The average Bonchev–Trinajstić information content (AvgIpc) is 2.96. The predicted octanol–water partition coefficient (Wildman–Crippen LogP) is 12.2. The normalized spacial score (nSPS) is 40.5. The van der Waals surface area contributed by atoms with Gasteiger partial charge >= 0.3 is 0 Å². The topological polar surface area (TPSA) is 0 Å². The van der Waals surface area contributed by atoms with Crippen LogP contribution in [0.2, 0.25) is 0 Å². The van der Waals surface area contributed by atoms with Gasteiger partial charge in [0.05, 0.1) is 0 Å². The lowest BCUT2D eigenvalue weighted by Crippen LogP contribution is -2.67. The van der Waals surface area contributed by atoms with Gasteiger partial charge in [-0.2, -0.15) is 0 Å². The molecule has 0 heteroatoms. The van der Waals surface area contributed by atoms with Gasteiger partial charge in [-0.15, -0.1) is 0 Å². The average molecular weight is 583 g/mol. The van der Waals surface area contributed by atoms with E-state index < -0.39 is 0 Å². The Labute approximate surface area is 267 Å². The third-order valence-electron chi connectivity index (χ3n) is 13.8. The van der Waals surface area contributed by atoms with Crippen molar-refractivity contribution in [3.05, 3.63) is 94.1 Å². The standard InChI is InChI=1S/C44H54/c1-5-9-31-13-32(10-6-2)19-39(18-31)41-22-38-23-42(28-41,40-20-33(11-7-3)14-34(21-40)12-8-4)30-44(27-38,29-41)43-24-35-15-36(25-43)17-37(16-35)26-43/h5-14,18-21,35-38H,15-17,22-30H2,1-4H3. The van der Waals surface area contributed by atoms with Crippen LogP contribution in [0, 0.1) is 34.5 Å². The summed E-state index contributed by atoms with van der Waals surface area (Å²) >= 11 is 0. The molecule has 2 aromatic rings. The van der Waals surface area contributed by atoms with Gasteiger partial charge in [0.2, 0.25) is 0 Å². The van der Waals surface area contributed by atoms with Crippen molar-refractivity contribution in [1.29, 1.82) is 0 Å². The van der Waals surface area contributed by atoms with Gasteiger partial charge in [-0.1, -0.05) is 72.9 Å². The molecule has 230 valence electrons. The van der Waals surface area contributed by atoms with E-state index in [-0.39, 0.29) is 10.8 Å². The zero-order chi connectivity index (χ0) is 30.2. The molecular formula is C44H54. The minimum Gasteiger partial charge on any atom is -0.0871 e. The van der Waals surface area contributed by atoms with Crippen molar-refractivity contribution in [2.45, 2.75) is 116 Å². The second-order valence-electron chi connectivity index (χ2n) is 16.8. The highest BCUT2D eigenvalue weighted by molar-refractivity contribution is 5.62. The van der Waals surface area contributed by atoms with Crippen molar-refractivity contribution in [3.8, 4) is 0 Å². The van der Waals surface area contributed by atoms with Crippen molar-refractivity contribution in [1.82, 2.24) is 0 Å². The van der Waals surface area contributed by atoms with Crippen LogP contribution >= 0.6 is 0 Å². The van der Waals surface area contributed by atoms with Gasteiger partial charge in [0.1, 0.15) is 0 Å². The number of rotatable bonds is 7. The molecule has 0 aromatic heterocycles. The maximum Gasteiger partial charge on any atom is -0.00299 e. The lowest BCUT2D eigenvalue weighted by atomic mass is 9.29. The summed E-state index contributed by atoms with van der Waals surface area (Å²) in [5, 5.41) is 0. The van der Waals surface area contributed by atoms with Crippen molar-refractivity contribution < 1.29 is 0 Å². The molecule has 8 aliphatic carbocycles. The van der Waals surface area contributed by atoms with Crippen LogP contribution in [0.25, 0.3) is 24.3 Å². The third kappa shape index (κ3) is 4.44. The zero-order valence-corrected chi connectivity index (χ0v) is 27.9. The summed E-state index contributed by atoms with van der Waals surface area (Å²) in [5.74, 6) is 3.88. The van der Waals surface area contributed by atoms with Crippen LogP contribution in [0.1, 0.15) is 138 Å². The van der Waals surface area contributed by atoms with E-state index in [1.165, 1.54) is 60.8 Å². The van der Waals surface area contributed by atoms with Gasteiger partial charge in [-0.25, -0.2) is 0 Å². The second kappa shape index (κ2) is 10.5. The van der Waals surface area contributed by atoms with Crippen LogP contribution in [0.15, 0.2) is 60.7 Å². The Morgan fingerprint density at radius 1 is 0.432 bits per heavy atom. The molecule has 0 radical (unpaired) electrons. The van der Waals surface area contributed by atoms with Gasteiger partial charge < -0.3 is 0 Å². The van der Waals surface area contributed by atoms with Crippen LogP contribution in [0.3, 0.4) is 0 Å². The van der Waals surface area contributed by atoms with Gasteiger partial charge in [-0.05, 0) is 196 Å². The summed E-state index contributed by atoms with van der Waals surface area (Å²) in [6.45, 7) is 8.68.